The first-order valence-electron chi connectivity index (χ1n) is 11.5. The van der Waals surface area contributed by atoms with Gasteiger partial charge in [-0.25, -0.2) is 0 Å². The fourth-order valence-corrected chi connectivity index (χ4v) is 5.10. The van der Waals surface area contributed by atoms with Gasteiger partial charge in [-0.1, -0.05) is 91.0 Å². The number of aliphatic hydroxyl groups excluding tert-OH is 1. The van der Waals surface area contributed by atoms with Gasteiger partial charge < -0.3 is 5.11 Å². The minimum atomic E-state index is -0.477. The molecule has 0 spiro atoms. The molecule has 1 fully saturated rings. The van der Waals surface area contributed by atoms with Crippen LogP contribution in [0.4, 0.5) is 0 Å². The highest BCUT2D eigenvalue weighted by Crippen LogP contribution is 2.44. The van der Waals surface area contributed by atoms with Crippen LogP contribution in [0.1, 0.15) is 28.8 Å². The molecule has 1 saturated heterocycles. The molecule has 1 aliphatic heterocycles. The molecule has 1 atom stereocenters. The third kappa shape index (κ3) is 3.92. The van der Waals surface area contributed by atoms with E-state index in [9.17, 15) is 5.11 Å². The Morgan fingerprint density at radius 2 is 1.33 bits per heavy atom. The fourth-order valence-electron chi connectivity index (χ4n) is 5.10. The lowest BCUT2D eigenvalue weighted by atomic mass is 9.74. The van der Waals surface area contributed by atoms with Gasteiger partial charge in [0.2, 0.25) is 0 Å². The molecular formula is C29H29N3O. The summed E-state index contributed by atoms with van der Waals surface area (Å²) in [6.07, 6.45) is 4.10. The van der Waals surface area contributed by atoms with Gasteiger partial charge in [-0.3, -0.25) is 9.58 Å². The zero-order valence-corrected chi connectivity index (χ0v) is 18.9. The summed E-state index contributed by atoms with van der Waals surface area (Å²) in [6, 6.07) is 34.2. The van der Waals surface area contributed by atoms with Crippen molar-refractivity contribution in [1.82, 2.24) is 14.7 Å². The summed E-state index contributed by atoms with van der Waals surface area (Å²) >= 11 is 0. The highest BCUT2D eigenvalue weighted by atomic mass is 16.3. The number of piperidine rings is 1. The van der Waals surface area contributed by atoms with Crippen molar-refractivity contribution in [3.63, 3.8) is 0 Å². The van der Waals surface area contributed by atoms with E-state index in [0.717, 1.165) is 17.8 Å². The van der Waals surface area contributed by atoms with Gasteiger partial charge in [-0.2, -0.15) is 5.10 Å². The summed E-state index contributed by atoms with van der Waals surface area (Å²) in [6.45, 7) is 1.44. The van der Waals surface area contributed by atoms with E-state index < -0.39 is 11.6 Å². The van der Waals surface area contributed by atoms with Crippen molar-refractivity contribution < 1.29 is 5.11 Å². The number of hydrogen-bond donors (Lipinski definition) is 1. The first kappa shape index (κ1) is 21.4. The highest BCUT2D eigenvalue weighted by molar-refractivity contribution is 5.54. The van der Waals surface area contributed by atoms with Gasteiger partial charge >= 0.3 is 0 Å². The Morgan fingerprint density at radius 1 is 0.818 bits per heavy atom. The SMILES string of the molecule is Cn1nccc1C=C1CN(C(c2ccccc2)(c2ccccc2)c2ccccc2)CCC1O. The molecule has 0 aliphatic carbocycles. The zero-order chi connectivity index (χ0) is 22.7. The topological polar surface area (TPSA) is 41.3 Å². The predicted molar refractivity (Wildman–Crippen MR) is 133 cm³/mol. The maximum absolute atomic E-state index is 10.9. The fraction of sp³-hybridized carbons (Fsp3) is 0.207. The van der Waals surface area contributed by atoms with Crippen molar-refractivity contribution in [2.24, 2.45) is 7.05 Å². The molecule has 1 N–H and O–H groups in total. The predicted octanol–water partition coefficient (Wildman–Crippen LogP) is 4.86. The number of aliphatic hydroxyl groups is 1. The Bertz CT molecular complexity index is 1120. The van der Waals surface area contributed by atoms with Crippen LogP contribution in [-0.2, 0) is 12.6 Å². The summed E-state index contributed by atoms with van der Waals surface area (Å²) in [5.41, 5.74) is 5.19. The van der Waals surface area contributed by atoms with Gasteiger partial charge in [0, 0.05) is 26.3 Å². The molecule has 0 bridgehead atoms. The molecule has 0 saturated carbocycles. The van der Waals surface area contributed by atoms with Crippen LogP contribution >= 0.6 is 0 Å². The van der Waals surface area contributed by atoms with Crippen molar-refractivity contribution >= 4 is 6.08 Å². The van der Waals surface area contributed by atoms with Gasteiger partial charge in [-0.15, -0.1) is 0 Å². The second-order valence-electron chi connectivity index (χ2n) is 8.63. The second kappa shape index (κ2) is 9.18. The van der Waals surface area contributed by atoms with Crippen LogP contribution in [0, 0.1) is 0 Å². The molecule has 0 amide bonds. The zero-order valence-electron chi connectivity index (χ0n) is 18.9. The highest BCUT2D eigenvalue weighted by Gasteiger charge is 2.44. The molecule has 3 aromatic carbocycles. The van der Waals surface area contributed by atoms with Crippen LogP contribution in [-0.4, -0.2) is 39.0 Å². The lowest BCUT2D eigenvalue weighted by Crippen LogP contribution is -2.52. The number of aromatic nitrogens is 2. The van der Waals surface area contributed by atoms with Crippen molar-refractivity contribution in [2.45, 2.75) is 18.1 Å². The average Bonchev–Trinajstić information content (AvgIpc) is 3.28. The molecule has 1 unspecified atom stereocenters. The number of rotatable bonds is 5. The normalized spacial score (nSPS) is 18.5. The molecule has 0 radical (unpaired) electrons. The monoisotopic (exact) mass is 435 g/mol. The van der Waals surface area contributed by atoms with Crippen LogP contribution in [0.25, 0.3) is 6.08 Å². The maximum atomic E-state index is 10.9. The van der Waals surface area contributed by atoms with Crippen LogP contribution < -0.4 is 0 Å². The Morgan fingerprint density at radius 3 is 1.79 bits per heavy atom. The molecular weight excluding hydrogens is 406 g/mol. The molecule has 166 valence electrons. The van der Waals surface area contributed by atoms with Crippen molar-refractivity contribution in [2.75, 3.05) is 13.1 Å². The van der Waals surface area contributed by atoms with Gasteiger partial charge in [0.25, 0.3) is 0 Å². The largest absolute Gasteiger partial charge is 0.389 e. The molecule has 2 heterocycles. The lowest BCUT2D eigenvalue weighted by Gasteiger charge is -2.48. The Labute approximate surface area is 195 Å². The lowest BCUT2D eigenvalue weighted by molar-refractivity contribution is 0.0871. The first-order chi connectivity index (χ1) is 16.2. The third-order valence-corrected chi connectivity index (χ3v) is 6.72. The van der Waals surface area contributed by atoms with E-state index in [1.807, 2.05) is 17.8 Å². The third-order valence-electron chi connectivity index (χ3n) is 6.72. The minimum Gasteiger partial charge on any atom is -0.389 e. The number of hydrogen-bond acceptors (Lipinski definition) is 3. The summed E-state index contributed by atoms with van der Waals surface area (Å²) in [5.74, 6) is 0. The quantitative estimate of drug-likeness (QED) is 0.455. The molecule has 4 heteroatoms. The molecule has 1 aliphatic rings. The van der Waals surface area contributed by atoms with E-state index in [2.05, 4.69) is 107 Å². The maximum Gasteiger partial charge on any atom is 0.0975 e. The molecule has 4 nitrogen and oxygen atoms in total. The smallest absolute Gasteiger partial charge is 0.0975 e. The van der Waals surface area contributed by atoms with E-state index in [-0.39, 0.29) is 0 Å². The van der Waals surface area contributed by atoms with Crippen LogP contribution in [0.2, 0.25) is 0 Å². The van der Waals surface area contributed by atoms with E-state index in [1.54, 1.807) is 6.20 Å². The average molecular weight is 436 g/mol. The number of likely N-dealkylation sites (tertiary alicyclic amines) is 1. The van der Waals surface area contributed by atoms with Crippen molar-refractivity contribution in [1.29, 1.82) is 0 Å². The van der Waals surface area contributed by atoms with Crippen LogP contribution in [0.15, 0.2) is 109 Å². The number of nitrogens with zero attached hydrogens (tertiary/aromatic N) is 3. The molecule has 33 heavy (non-hydrogen) atoms. The van der Waals surface area contributed by atoms with Gasteiger partial charge in [0.1, 0.15) is 0 Å². The molecule has 4 aromatic rings. The molecule has 5 rings (SSSR count). The van der Waals surface area contributed by atoms with Crippen molar-refractivity contribution in [3.05, 3.63) is 131 Å². The Kier molecular flexibility index (Phi) is 5.95. The summed E-state index contributed by atoms with van der Waals surface area (Å²) in [5, 5.41) is 15.2. The first-order valence-corrected chi connectivity index (χ1v) is 11.5. The van der Waals surface area contributed by atoms with E-state index in [4.69, 9.17) is 0 Å². The van der Waals surface area contributed by atoms with E-state index in [1.165, 1.54) is 16.7 Å². The van der Waals surface area contributed by atoms with E-state index in [0.29, 0.717) is 13.0 Å². The number of benzene rings is 3. The van der Waals surface area contributed by atoms with Gasteiger partial charge in [0.15, 0.2) is 0 Å². The van der Waals surface area contributed by atoms with E-state index >= 15 is 0 Å². The second-order valence-corrected chi connectivity index (χ2v) is 8.63. The van der Waals surface area contributed by atoms with Gasteiger partial charge in [0.05, 0.1) is 17.3 Å². The van der Waals surface area contributed by atoms with Gasteiger partial charge in [-0.05, 0) is 40.8 Å². The number of aryl methyl sites for hydroxylation is 1. The Balaban J connectivity index is 1.71. The molecule has 1 aromatic heterocycles. The Hall–Kier alpha value is -3.47. The summed E-state index contributed by atoms with van der Waals surface area (Å²) < 4.78 is 1.84. The standard InChI is InChI=1S/C29H29N3O/c1-31-27(17-19-30-31)21-23-22-32(20-18-28(23)33)29(24-11-5-2-6-12-24,25-13-7-3-8-14-25)26-15-9-4-10-16-26/h2-17,19,21,28,33H,18,20,22H2,1H3. The van der Waals surface area contributed by atoms with Crippen LogP contribution in [0.5, 0.6) is 0 Å². The van der Waals surface area contributed by atoms with Crippen LogP contribution in [0.3, 0.4) is 0 Å². The summed E-state index contributed by atoms with van der Waals surface area (Å²) in [7, 11) is 1.93. The minimum absolute atomic E-state index is 0.462. The summed E-state index contributed by atoms with van der Waals surface area (Å²) in [4.78, 5) is 2.52. The van der Waals surface area contributed by atoms with Crippen molar-refractivity contribution in [3.8, 4) is 0 Å².